The van der Waals surface area contributed by atoms with Crippen molar-refractivity contribution < 1.29 is 5.11 Å². The Balaban J connectivity index is 2.46. The number of nitrogens with zero attached hydrogens (tertiary/aromatic N) is 2. The molecule has 80 valence electrons. The highest BCUT2D eigenvalue weighted by Crippen LogP contribution is 2.13. The molecule has 0 atom stereocenters. The Morgan fingerprint density at radius 2 is 2.29 bits per heavy atom. The van der Waals surface area contributed by atoms with E-state index in [1.54, 1.807) is 11.3 Å². The predicted molar refractivity (Wildman–Crippen MR) is 59.5 cm³/mol. The summed E-state index contributed by atoms with van der Waals surface area (Å²) in [5.41, 5.74) is 0. The lowest BCUT2D eigenvalue weighted by atomic mass is 10.4. The highest BCUT2D eigenvalue weighted by Gasteiger charge is 2.06. The van der Waals surface area contributed by atoms with Crippen LogP contribution in [0.25, 0.3) is 0 Å². The minimum atomic E-state index is 0.234. The molecule has 1 N–H and O–H groups in total. The van der Waals surface area contributed by atoms with Crippen LogP contribution in [0.15, 0.2) is 6.20 Å². The molecule has 1 rings (SSSR count). The van der Waals surface area contributed by atoms with E-state index in [9.17, 15) is 0 Å². The van der Waals surface area contributed by atoms with Gasteiger partial charge in [-0.3, -0.25) is 4.90 Å². The summed E-state index contributed by atoms with van der Waals surface area (Å²) >= 11 is 1.73. The summed E-state index contributed by atoms with van der Waals surface area (Å²) in [4.78, 5) is 7.76. The third kappa shape index (κ3) is 3.74. The van der Waals surface area contributed by atoms with Crippen molar-refractivity contribution in [2.24, 2.45) is 0 Å². The fraction of sp³-hybridized carbons (Fsp3) is 0.700. The van der Waals surface area contributed by atoms with Crippen molar-refractivity contribution in [1.82, 2.24) is 9.88 Å². The molecule has 4 heteroatoms. The molecule has 0 fully saturated rings. The van der Waals surface area contributed by atoms with Crippen molar-refractivity contribution in [1.29, 1.82) is 0 Å². The second-order valence-electron chi connectivity index (χ2n) is 3.35. The Hall–Kier alpha value is -0.450. The van der Waals surface area contributed by atoms with Crippen molar-refractivity contribution in [3.05, 3.63) is 16.1 Å². The maximum absolute atomic E-state index is 8.89. The van der Waals surface area contributed by atoms with Crippen LogP contribution >= 0.6 is 11.3 Å². The van der Waals surface area contributed by atoms with Crippen molar-refractivity contribution in [3.63, 3.8) is 0 Å². The highest BCUT2D eigenvalue weighted by atomic mass is 32.1. The van der Waals surface area contributed by atoms with E-state index in [1.165, 1.54) is 4.88 Å². The molecule has 14 heavy (non-hydrogen) atoms. The average Bonchev–Trinajstić information content (AvgIpc) is 2.52. The summed E-state index contributed by atoms with van der Waals surface area (Å²) in [7, 11) is 0. The molecule has 0 spiro atoms. The smallest absolute Gasteiger partial charge is 0.0897 e. The Kier molecular flexibility index (Phi) is 5.07. The van der Waals surface area contributed by atoms with Gasteiger partial charge in [0, 0.05) is 24.2 Å². The van der Waals surface area contributed by atoms with Crippen LogP contribution in [0.2, 0.25) is 0 Å². The van der Waals surface area contributed by atoms with E-state index in [1.807, 2.05) is 13.1 Å². The van der Waals surface area contributed by atoms with Gasteiger partial charge >= 0.3 is 0 Å². The number of aryl methyl sites for hydroxylation is 1. The Morgan fingerprint density at radius 1 is 1.50 bits per heavy atom. The third-order valence-corrected chi connectivity index (χ3v) is 2.90. The number of hydrogen-bond donors (Lipinski definition) is 1. The van der Waals surface area contributed by atoms with Gasteiger partial charge in [-0.15, -0.1) is 11.3 Å². The van der Waals surface area contributed by atoms with Crippen molar-refractivity contribution >= 4 is 11.3 Å². The van der Waals surface area contributed by atoms with Gasteiger partial charge in [0.25, 0.3) is 0 Å². The van der Waals surface area contributed by atoms with Crippen LogP contribution < -0.4 is 0 Å². The van der Waals surface area contributed by atoms with Gasteiger partial charge in [0.1, 0.15) is 0 Å². The summed E-state index contributed by atoms with van der Waals surface area (Å²) in [5, 5.41) is 10.0. The molecule has 0 unspecified atom stereocenters. The van der Waals surface area contributed by atoms with Crippen LogP contribution in [0.1, 0.15) is 23.2 Å². The summed E-state index contributed by atoms with van der Waals surface area (Å²) in [6, 6.07) is 0. The first-order valence-electron chi connectivity index (χ1n) is 5.00. The van der Waals surface area contributed by atoms with Crippen molar-refractivity contribution in [2.45, 2.75) is 26.8 Å². The zero-order valence-electron chi connectivity index (χ0n) is 8.86. The molecular weight excluding hydrogens is 196 g/mol. The van der Waals surface area contributed by atoms with Gasteiger partial charge in [-0.05, 0) is 19.9 Å². The number of thiazole rings is 1. The van der Waals surface area contributed by atoms with Gasteiger partial charge in [0.15, 0.2) is 0 Å². The lowest BCUT2D eigenvalue weighted by molar-refractivity contribution is 0.191. The van der Waals surface area contributed by atoms with E-state index in [0.717, 1.165) is 31.1 Å². The Bertz CT molecular complexity index is 256. The van der Waals surface area contributed by atoms with Crippen LogP contribution in [-0.2, 0) is 6.54 Å². The van der Waals surface area contributed by atoms with Gasteiger partial charge in [-0.25, -0.2) is 4.98 Å². The highest BCUT2D eigenvalue weighted by molar-refractivity contribution is 7.11. The van der Waals surface area contributed by atoms with Gasteiger partial charge in [-0.2, -0.15) is 0 Å². The van der Waals surface area contributed by atoms with E-state index in [2.05, 4.69) is 16.8 Å². The first kappa shape index (κ1) is 11.6. The molecule has 0 aromatic carbocycles. The second-order valence-corrected chi connectivity index (χ2v) is 4.66. The predicted octanol–water partition coefficient (Wildman–Crippen LogP) is 1.66. The van der Waals surface area contributed by atoms with E-state index in [4.69, 9.17) is 5.11 Å². The van der Waals surface area contributed by atoms with E-state index in [-0.39, 0.29) is 6.61 Å². The Labute approximate surface area is 89.4 Å². The first-order valence-corrected chi connectivity index (χ1v) is 5.82. The monoisotopic (exact) mass is 214 g/mol. The normalized spacial score (nSPS) is 11.1. The molecule has 1 heterocycles. The van der Waals surface area contributed by atoms with Crippen molar-refractivity contribution in [3.8, 4) is 0 Å². The SMILES string of the molecule is CCCN(CCO)Cc1cnc(C)s1. The summed E-state index contributed by atoms with van der Waals surface area (Å²) in [5.74, 6) is 0. The molecule has 0 radical (unpaired) electrons. The zero-order valence-corrected chi connectivity index (χ0v) is 9.68. The number of aliphatic hydroxyl groups excluding tert-OH is 1. The largest absolute Gasteiger partial charge is 0.395 e. The topological polar surface area (TPSA) is 36.4 Å². The van der Waals surface area contributed by atoms with Crippen LogP contribution in [0.4, 0.5) is 0 Å². The number of aromatic nitrogens is 1. The lowest BCUT2D eigenvalue weighted by Gasteiger charge is -2.18. The van der Waals surface area contributed by atoms with Gasteiger partial charge in [0.2, 0.25) is 0 Å². The fourth-order valence-electron chi connectivity index (χ4n) is 1.43. The molecule has 0 bridgehead atoms. The number of aliphatic hydroxyl groups is 1. The van der Waals surface area contributed by atoms with E-state index in [0.29, 0.717) is 0 Å². The molecule has 1 aromatic rings. The molecule has 0 aliphatic rings. The molecule has 0 saturated carbocycles. The number of rotatable bonds is 6. The molecule has 0 saturated heterocycles. The summed E-state index contributed by atoms with van der Waals surface area (Å²) in [6.07, 6.45) is 3.05. The van der Waals surface area contributed by atoms with Gasteiger partial charge < -0.3 is 5.11 Å². The van der Waals surface area contributed by atoms with Crippen LogP contribution in [0, 0.1) is 6.92 Å². The molecule has 0 aliphatic carbocycles. The van der Waals surface area contributed by atoms with Crippen LogP contribution in [0.5, 0.6) is 0 Å². The standard InChI is InChI=1S/C10H18N2OS/c1-3-4-12(5-6-13)8-10-7-11-9(2)14-10/h7,13H,3-6,8H2,1-2H3. The fourth-order valence-corrected chi connectivity index (χ4v) is 2.26. The van der Waals surface area contributed by atoms with Crippen LogP contribution in [0.3, 0.4) is 0 Å². The molecule has 3 nitrogen and oxygen atoms in total. The maximum atomic E-state index is 8.89. The summed E-state index contributed by atoms with van der Waals surface area (Å²) in [6.45, 7) is 7.12. The molecule has 0 aliphatic heterocycles. The Morgan fingerprint density at radius 3 is 2.79 bits per heavy atom. The maximum Gasteiger partial charge on any atom is 0.0897 e. The molecule has 0 amide bonds. The van der Waals surface area contributed by atoms with E-state index >= 15 is 0 Å². The minimum Gasteiger partial charge on any atom is -0.395 e. The van der Waals surface area contributed by atoms with Crippen molar-refractivity contribution in [2.75, 3.05) is 19.7 Å². The molecular formula is C10H18N2OS. The zero-order chi connectivity index (χ0) is 10.4. The third-order valence-electron chi connectivity index (χ3n) is 2.00. The minimum absolute atomic E-state index is 0.234. The number of hydrogen-bond acceptors (Lipinski definition) is 4. The van der Waals surface area contributed by atoms with Gasteiger partial charge in [-0.1, -0.05) is 6.92 Å². The second kappa shape index (κ2) is 6.11. The summed E-state index contributed by atoms with van der Waals surface area (Å²) < 4.78 is 0. The first-order chi connectivity index (χ1) is 6.76. The van der Waals surface area contributed by atoms with E-state index < -0.39 is 0 Å². The quantitative estimate of drug-likeness (QED) is 0.782. The molecule has 1 aromatic heterocycles. The average molecular weight is 214 g/mol. The lowest BCUT2D eigenvalue weighted by Crippen LogP contribution is -2.26. The van der Waals surface area contributed by atoms with Crippen LogP contribution in [-0.4, -0.2) is 34.7 Å². The van der Waals surface area contributed by atoms with Gasteiger partial charge in [0.05, 0.1) is 11.6 Å².